The van der Waals surface area contributed by atoms with Crippen LogP contribution in [0.5, 0.6) is 0 Å². The first-order valence-corrected chi connectivity index (χ1v) is 5.01. The molecule has 78 valence electrons. The lowest BCUT2D eigenvalue weighted by atomic mass is 10.3. The molecule has 0 atom stereocenters. The zero-order valence-corrected chi connectivity index (χ0v) is 9.28. The van der Waals surface area contributed by atoms with Gasteiger partial charge < -0.3 is 0 Å². The van der Waals surface area contributed by atoms with Gasteiger partial charge in [0.15, 0.2) is 0 Å². The lowest BCUT2D eigenvalue weighted by Gasteiger charge is -2.14. The van der Waals surface area contributed by atoms with Crippen molar-refractivity contribution in [3.05, 3.63) is 47.5 Å². The molecule has 0 bridgehead atoms. The first-order valence-electron chi connectivity index (χ1n) is 5.01. The summed E-state index contributed by atoms with van der Waals surface area (Å²) < 4.78 is 2.07. The molecule has 0 saturated carbocycles. The molecule has 3 nitrogen and oxygen atoms in total. The zero-order valence-electron chi connectivity index (χ0n) is 9.28. The van der Waals surface area contributed by atoms with Crippen LogP contribution in [0.3, 0.4) is 0 Å². The Bertz CT molecular complexity index is 452. The number of hydrogen-bond donors (Lipinski definition) is 1. The van der Waals surface area contributed by atoms with Gasteiger partial charge in [-0.05, 0) is 44.5 Å². The van der Waals surface area contributed by atoms with E-state index in [1.165, 1.54) is 11.4 Å². The minimum absolute atomic E-state index is 1.09. The smallest absolute Gasteiger partial charge is 0.0605 e. The number of hydrogen-bond acceptors (Lipinski definition) is 2. The van der Waals surface area contributed by atoms with E-state index in [0.717, 1.165) is 11.3 Å². The van der Waals surface area contributed by atoms with Gasteiger partial charge in [-0.25, -0.2) is 0 Å². The van der Waals surface area contributed by atoms with E-state index in [1.807, 2.05) is 19.2 Å². The molecular formula is C12H15N3. The van der Waals surface area contributed by atoms with Crippen molar-refractivity contribution in [1.29, 1.82) is 0 Å². The fourth-order valence-corrected chi connectivity index (χ4v) is 1.56. The maximum atomic E-state index is 4.07. The van der Waals surface area contributed by atoms with Crippen LogP contribution in [0.1, 0.15) is 17.0 Å². The van der Waals surface area contributed by atoms with Crippen LogP contribution in [0.25, 0.3) is 0 Å². The van der Waals surface area contributed by atoms with Crippen LogP contribution in [0, 0.1) is 20.8 Å². The largest absolute Gasteiger partial charge is 0.294 e. The Labute approximate surface area is 89.7 Å². The summed E-state index contributed by atoms with van der Waals surface area (Å²) in [6, 6.07) is 6.17. The average molecular weight is 201 g/mol. The zero-order chi connectivity index (χ0) is 10.8. The Morgan fingerprint density at radius 2 is 1.73 bits per heavy atom. The van der Waals surface area contributed by atoms with Gasteiger partial charge in [0.05, 0.1) is 5.69 Å². The molecule has 0 radical (unpaired) electrons. The van der Waals surface area contributed by atoms with E-state index in [-0.39, 0.29) is 0 Å². The van der Waals surface area contributed by atoms with Gasteiger partial charge in [-0.15, -0.1) is 0 Å². The van der Waals surface area contributed by atoms with Gasteiger partial charge in [-0.3, -0.25) is 15.1 Å². The van der Waals surface area contributed by atoms with Gasteiger partial charge in [0.2, 0.25) is 0 Å². The Morgan fingerprint density at radius 1 is 1.07 bits per heavy atom. The molecule has 0 saturated heterocycles. The number of anilines is 1. The van der Waals surface area contributed by atoms with E-state index in [2.05, 4.69) is 41.1 Å². The van der Waals surface area contributed by atoms with Gasteiger partial charge in [0, 0.05) is 23.8 Å². The highest BCUT2D eigenvalue weighted by Crippen LogP contribution is 2.14. The van der Waals surface area contributed by atoms with E-state index in [9.17, 15) is 0 Å². The first-order chi connectivity index (χ1) is 7.18. The van der Waals surface area contributed by atoms with E-state index >= 15 is 0 Å². The third-order valence-corrected chi connectivity index (χ3v) is 2.52. The predicted molar refractivity (Wildman–Crippen MR) is 61.9 cm³/mol. The minimum Gasteiger partial charge on any atom is -0.294 e. The van der Waals surface area contributed by atoms with Crippen LogP contribution < -0.4 is 5.43 Å². The molecule has 3 heteroatoms. The molecule has 0 aromatic carbocycles. The topological polar surface area (TPSA) is 29.9 Å². The van der Waals surface area contributed by atoms with Crippen LogP contribution in [-0.2, 0) is 0 Å². The third-order valence-electron chi connectivity index (χ3n) is 2.52. The Morgan fingerprint density at radius 3 is 2.33 bits per heavy atom. The van der Waals surface area contributed by atoms with Gasteiger partial charge in [-0.2, -0.15) is 0 Å². The fraction of sp³-hybridized carbons (Fsp3) is 0.250. The average Bonchev–Trinajstić information content (AvgIpc) is 2.53. The number of rotatable bonds is 2. The van der Waals surface area contributed by atoms with Gasteiger partial charge >= 0.3 is 0 Å². The van der Waals surface area contributed by atoms with E-state index < -0.39 is 0 Å². The number of pyridine rings is 1. The predicted octanol–water partition coefficient (Wildman–Crippen LogP) is 2.68. The highest BCUT2D eigenvalue weighted by molar-refractivity contribution is 5.49. The van der Waals surface area contributed by atoms with Gasteiger partial charge in [-0.1, -0.05) is 0 Å². The molecule has 2 rings (SSSR count). The molecule has 1 N–H and O–H groups in total. The number of nitrogens with one attached hydrogen (secondary N) is 1. The molecule has 2 aromatic rings. The summed E-state index contributed by atoms with van der Waals surface area (Å²) in [5, 5.41) is 0. The van der Waals surface area contributed by atoms with Gasteiger partial charge in [0.1, 0.15) is 0 Å². The van der Waals surface area contributed by atoms with Crippen molar-refractivity contribution < 1.29 is 0 Å². The Kier molecular flexibility index (Phi) is 2.46. The van der Waals surface area contributed by atoms with E-state index in [4.69, 9.17) is 0 Å². The molecule has 0 aliphatic rings. The molecule has 0 amide bonds. The van der Waals surface area contributed by atoms with Crippen LogP contribution in [-0.4, -0.2) is 9.66 Å². The van der Waals surface area contributed by atoms with Crippen molar-refractivity contribution >= 4 is 5.69 Å². The van der Waals surface area contributed by atoms with Crippen molar-refractivity contribution in [2.75, 3.05) is 5.43 Å². The summed E-state index contributed by atoms with van der Waals surface area (Å²) >= 11 is 0. The van der Waals surface area contributed by atoms with E-state index in [1.54, 1.807) is 6.20 Å². The molecule has 0 fully saturated rings. The first kappa shape index (κ1) is 9.77. The summed E-state index contributed by atoms with van der Waals surface area (Å²) in [6.07, 6.45) is 3.65. The molecule has 0 aliphatic carbocycles. The van der Waals surface area contributed by atoms with E-state index in [0.29, 0.717) is 0 Å². The quantitative estimate of drug-likeness (QED) is 0.809. The van der Waals surface area contributed by atoms with Crippen LogP contribution in [0.15, 0.2) is 30.6 Å². The monoisotopic (exact) mass is 201 g/mol. The summed E-state index contributed by atoms with van der Waals surface area (Å²) in [6.45, 7) is 6.20. The molecule has 0 spiro atoms. The summed E-state index contributed by atoms with van der Waals surface area (Å²) in [5.41, 5.74) is 7.99. The number of nitrogens with zero attached hydrogens (tertiary/aromatic N) is 2. The van der Waals surface area contributed by atoms with Crippen molar-refractivity contribution in [3.63, 3.8) is 0 Å². The molecule has 2 heterocycles. The van der Waals surface area contributed by atoms with Crippen LogP contribution in [0.4, 0.5) is 5.69 Å². The molecule has 0 unspecified atom stereocenters. The fourth-order valence-electron chi connectivity index (χ4n) is 1.56. The third kappa shape index (κ3) is 1.86. The SMILES string of the molecule is Cc1cnccc1Nn1c(C)ccc1C. The lowest BCUT2D eigenvalue weighted by Crippen LogP contribution is -2.13. The Balaban J connectivity index is 2.34. The lowest BCUT2D eigenvalue weighted by molar-refractivity contribution is 0.878. The van der Waals surface area contributed by atoms with Crippen molar-refractivity contribution in [1.82, 2.24) is 9.66 Å². The van der Waals surface area contributed by atoms with Crippen LogP contribution in [0.2, 0.25) is 0 Å². The maximum absolute atomic E-state index is 4.07. The van der Waals surface area contributed by atoms with Crippen molar-refractivity contribution in [2.45, 2.75) is 20.8 Å². The molecule has 0 aliphatic heterocycles. The second-order valence-electron chi connectivity index (χ2n) is 3.75. The van der Waals surface area contributed by atoms with Crippen molar-refractivity contribution in [3.8, 4) is 0 Å². The maximum Gasteiger partial charge on any atom is 0.0605 e. The second-order valence-corrected chi connectivity index (χ2v) is 3.75. The number of aryl methyl sites for hydroxylation is 3. The molecule has 15 heavy (non-hydrogen) atoms. The second kappa shape index (κ2) is 3.77. The van der Waals surface area contributed by atoms with Crippen molar-refractivity contribution in [2.24, 2.45) is 0 Å². The summed E-state index contributed by atoms with van der Waals surface area (Å²) in [5.74, 6) is 0. The Hall–Kier alpha value is -1.77. The normalized spacial score (nSPS) is 10.3. The highest BCUT2D eigenvalue weighted by Gasteiger charge is 2.02. The van der Waals surface area contributed by atoms with Crippen LogP contribution >= 0.6 is 0 Å². The molecule has 2 aromatic heterocycles. The standard InChI is InChI=1S/C12H15N3/c1-9-8-13-7-6-12(9)14-15-10(2)4-5-11(15)3/h4-8H,1-3H3,(H,13,14). The molecular weight excluding hydrogens is 186 g/mol. The minimum atomic E-state index is 1.09. The highest BCUT2D eigenvalue weighted by atomic mass is 15.4. The number of aromatic nitrogens is 2. The van der Waals surface area contributed by atoms with Gasteiger partial charge in [0.25, 0.3) is 0 Å². The summed E-state index contributed by atoms with van der Waals surface area (Å²) in [4.78, 5) is 4.07. The summed E-state index contributed by atoms with van der Waals surface area (Å²) in [7, 11) is 0.